The monoisotopic (exact) mass is 282 g/mol. The second-order valence-corrected chi connectivity index (χ2v) is 4.63. The maximum Gasteiger partial charge on any atom is 0.189 e. The molecule has 0 atom stereocenters. The fraction of sp³-hybridized carbons (Fsp3) is 0.176. The van der Waals surface area contributed by atoms with Crippen molar-refractivity contribution in [3.8, 4) is 5.75 Å². The van der Waals surface area contributed by atoms with Crippen LogP contribution in [0.4, 0.5) is 0 Å². The predicted octanol–water partition coefficient (Wildman–Crippen LogP) is 3.19. The Bertz CT molecular complexity index is 697. The predicted molar refractivity (Wildman–Crippen MR) is 83.4 cm³/mol. The summed E-state index contributed by atoms with van der Waals surface area (Å²) >= 11 is 0. The zero-order valence-corrected chi connectivity index (χ0v) is 12.4. The number of ketones is 1. The normalized spacial score (nSPS) is 11.4. The van der Waals surface area contributed by atoms with Crippen molar-refractivity contribution in [2.75, 3.05) is 7.11 Å². The summed E-state index contributed by atoms with van der Waals surface area (Å²) < 4.78 is 6.90. The Hall–Kier alpha value is -2.62. The minimum absolute atomic E-state index is 0.0507. The molecule has 0 saturated carbocycles. The highest BCUT2D eigenvalue weighted by Gasteiger charge is 2.08. The third kappa shape index (κ3) is 3.69. The largest absolute Gasteiger partial charge is 0.496 e. The van der Waals surface area contributed by atoms with Crippen molar-refractivity contribution in [1.29, 1.82) is 0 Å². The lowest BCUT2D eigenvalue weighted by atomic mass is 10.1. The number of nitrogens with zero attached hydrogens (tertiary/aromatic N) is 2. The molecule has 0 amide bonds. The van der Waals surface area contributed by atoms with Crippen molar-refractivity contribution in [2.24, 2.45) is 7.05 Å². The number of aromatic nitrogens is 2. The first-order valence-electron chi connectivity index (χ1n) is 6.64. The van der Waals surface area contributed by atoms with Crippen molar-refractivity contribution in [3.05, 3.63) is 65.5 Å². The van der Waals surface area contributed by atoms with Gasteiger partial charge in [0.1, 0.15) is 5.75 Å². The van der Waals surface area contributed by atoms with E-state index in [0.29, 0.717) is 5.56 Å². The number of methoxy groups -OCH3 is 1. The summed E-state index contributed by atoms with van der Waals surface area (Å²) in [6.07, 6.45) is 8.71. The van der Waals surface area contributed by atoms with Gasteiger partial charge < -0.3 is 4.74 Å². The quantitative estimate of drug-likeness (QED) is 0.480. The van der Waals surface area contributed by atoms with Crippen LogP contribution in [0.2, 0.25) is 0 Å². The average Bonchev–Trinajstić information content (AvgIpc) is 2.82. The number of aryl methyl sites for hydroxylation is 2. The molecular weight excluding hydrogens is 264 g/mol. The minimum atomic E-state index is -0.0507. The Kier molecular flexibility index (Phi) is 4.72. The van der Waals surface area contributed by atoms with Crippen LogP contribution in [0, 0.1) is 6.92 Å². The van der Waals surface area contributed by atoms with Gasteiger partial charge in [0.15, 0.2) is 5.78 Å². The van der Waals surface area contributed by atoms with Gasteiger partial charge in [-0.05, 0) is 19.1 Å². The van der Waals surface area contributed by atoms with Crippen LogP contribution in [0.25, 0.3) is 6.08 Å². The molecule has 4 nitrogen and oxygen atoms in total. The SMILES string of the molecule is COc1ccccc1/C=C/C=C/C(=O)c1cn(C)nc1C. The van der Waals surface area contributed by atoms with Crippen LogP contribution in [0.3, 0.4) is 0 Å². The average molecular weight is 282 g/mol. The molecule has 0 spiro atoms. The minimum Gasteiger partial charge on any atom is -0.496 e. The third-order valence-corrected chi connectivity index (χ3v) is 3.05. The molecule has 2 rings (SSSR count). The second kappa shape index (κ2) is 6.70. The van der Waals surface area contributed by atoms with E-state index in [1.165, 1.54) is 6.08 Å². The molecule has 21 heavy (non-hydrogen) atoms. The molecule has 0 N–H and O–H groups in total. The highest BCUT2D eigenvalue weighted by Crippen LogP contribution is 2.18. The number of hydrogen-bond acceptors (Lipinski definition) is 3. The summed E-state index contributed by atoms with van der Waals surface area (Å²) in [7, 11) is 3.44. The Morgan fingerprint density at radius 1 is 1.29 bits per heavy atom. The number of hydrogen-bond donors (Lipinski definition) is 0. The van der Waals surface area contributed by atoms with Crippen LogP contribution in [-0.2, 0) is 7.05 Å². The molecule has 0 aliphatic carbocycles. The number of benzene rings is 1. The van der Waals surface area contributed by atoms with Crippen molar-refractivity contribution < 1.29 is 9.53 Å². The summed E-state index contributed by atoms with van der Waals surface area (Å²) in [5, 5.41) is 4.16. The van der Waals surface area contributed by atoms with Crippen LogP contribution in [0.1, 0.15) is 21.6 Å². The van der Waals surface area contributed by atoms with Gasteiger partial charge in [0, 0.05) is 18.8 Å². The molecule has 1 aromatic heterocycles. The number of carbonyl (C=O) groups is 1. The molecule has 108 valence electrons. The van der Waals surface area contributed by atoms with E-state index in [-0.39, 0.29) is 5.78 Å². The smallest absolute Gasteiger partial charge is 0.189 e. The lowest BCUT2D eigenvalue weighted by molar-refractivity contribution is 0.104. The Labute approximate surface area is 124 Å². The Morgan fingerprint density at radius 3 is 2.71 bits per heavy atom. The van der Waals surface area contributed by atoms with Crippen molar-refractivity contribution in [2.45, 2.75) is 6.92 Å². The van der Waals surface area contributed by atoms with Gasteiger partial charge in [-0.15, -0.1) is 0 Å². The Morgan fingerprint density at radius 2 is 2.05 bits per heavy atom. The molecular formula is C17H18N2O2. The van der Waals surface area contributed by atoms with E-state index in [1.807, 2.05) is 43.3 Å². The molecule has 1 heterocycles. The summed E-state index contributed by atoms with van der Waals surface area (Å²) in [4.78, 5) is 12.0. The van der Waals surface area contributed by atoms with Crippen molar-refractivity contribution in [1.82, 2.24) is 9.78 Å². The summed E-state index contributed by atoms with van der Waals surface area (Å²) in [5.74, 6) is 0.752. The fourth-order valence-electron chi connectivity index (χ4n) is 2.04. The third-order valence-electron chi connectivity index (χ3n) is 3.05. The lowest BCUT2D eigenvalue weighted by Crippen LogP contribution is -1.94. The van der Waals surface area contributed by atoms with Gasteiger partial charge in [-0.25, -0.2) is 0 Å². The van der Waals surface area contributed by atoms with Gasteiger partial charge in [-0.2, -0.15) is 5.10 Å². The van der Waals surface area contributed by atoms with Crippen molar-refractivity contribution in [3.63, 3.8) is 0 Å². The molecule has 0 bridgehead atoms. The number of para-hydroxylation sites is 1. The van der Waals surface area contributed by atoms with E-state index in [1.54, 1.807) is 31.1 Å². The molecule has 1 aromatic carbocycles. The van der Waals surface area contributed by atoms with E-state index >= 15 is 0 Å². The van der Waals surface area contributed by atoms with Crippen LogP contribution in [0.5, 0.6) is 5.75 Å². The topological polar surface area (TPSA) is 44.1 Å². The first-order valence-corrected chi connectivity index (χ1v) is 6.64. The van der Waals surface area contributed by atoms with Gasteiger partial charge in [0.05, 0.1) is 18.4 Å². The van der Waals surface area contributed by atoms with E-state index in [0.717, 1.165) is 17.0 Å². The Balaban J connectivity index is 2.07. The fourth-order valence-corrected chi connectivity index (χ4v) is 2.04. The number of ether oxygens (including phenoxy) is 1. The molecule has 0 saturated heterocycles. The molecule has 0 unspecified atom stereocenters. The van der Waals surface area contributed by atoms with Crippen LogP contribution >= 0.6 is 0 Å². The zero-order valence-electron chi connectivity index (χ0n) is 12.4. The van der Waals surface area contributed by atoms with E-state index < -0.39 is 0 Å². The zero-order chi connectivity index (χ0) is 15.2. The maximum absolute atomic E-state index is 12.0. The molecule has 2 aromatic rings. The van der Waals surface area contributed by atoms with E-state index in [9.17, 15) is 4.79 Å². The van der Waals surface area contributed by atoms with Gasteiger partial charge in [-0.1, -0.05) is 36.4 Å². The van der Waals surface area contributed by atoms with E-state index in [2.05, 4.69) is 5.10 Å². The molecule has 0 radical (unpaired) electrons. The molecule has 0 aliphatic rings. The van der Waals surface area contributed by atoms with Gasteiger partial charge in [0.2, 0.25) is 0 Å². The summed E-state index contributed by atoms with van der Waals surface area (Å²) in [5.41, 5.74) is 2.33. The van der Waals surface area contributed by atoms with Gasteiger partial charge in [-0.3, -0.25) is 9.48 Å². The van der Waals surface area contributed by atoms with Crippen LogP contribution < -0.4 is 4.74 Å². The van der Waals surface area contributed by atoms with Crippen molar-refractivity contribution >= 4 is 11.9 Å². The van der Waals surface area contributed by atoms with E-state index in [4.69, 9.17) is 4.74 Å². The molecule has 0 fully saturated rings. The molecule has 0 aliphatic heterocycles. The maximum atomic E-state index is 12.0. The second-order valence-electron chi connectivity index (χ2n) is 4.63. The number of carbonyl (C=O) groups excluding carboxylic acids is 1. The first-order chi connectivity index (χ1) is 10.1. The van der Waals surface area contributed by atoms with Gasteiger partial charge >= 0.3 is 0 Å². The highest BCUT2D eigenvalue weighted by atomic mass is 16.5. The standard InChI is InChI=1S/C17H18N2O2/c1-13-15(12-19(2)18-13)16(20)10-6-4-8-14-9-5-7-11-17(14)21-3/h4-12H,1-3H3/b8-4+,10-6+. The molecule has 4 heteroatoms. The number of allylic oxidation sites excluding steroid dienone is 3. The first kappa shape index (κ1) is 14.8. The number of rotatable bonds is 5. The summed E-state index contributed by atoms with van der Waals surface area (Å²) in [6, 6.07) is 7.71. The summed E-state index contributed by atoms with van der Waals surface area (Å²) in [6.45, 7) is 1.83. The van der Waals surface area contributed by atoms with Gasteiger partial charge in [0.25, 0.3) is 0 Å². The lowest BCUT2D eigenvalue weighted by Gasteiger charge is -2.02. The highest BCUT2D eigenvalue weighted by molar-refractivity contribution is 6.05. The van der Waals surface area contributed by atoms with Crippen LogP contribution in [-0.4, -0.2) is 22.7 Å². The van der Waals surface area contributed by atoms with Crippen LogP contribution in [0.15, 0.2) is 48.7 Å².